The van der Waals surface area contributed by atoms with E-state index in [1.54, 1.807) is 7.05 Å². The Kier molecular flexibility index (Phi) is 5.54. The summed E-state index contributed by atoms with van der Waals surface area (Å²) in [4.78, 5) is 0.981. The number of thioether (sulfide) groups is 1. The molecule has 0 unspecified atom stereocenters. The SMILES string of the molecule is CN(CC1CC(O)C1)S(=O)(=O)CCSc1cccc(N)c1. The number of nitrogen functional groups attached to an aromatic ring is 1. The van der Waals surface area contributed by atoms with Gasteiger partial charge in [-0.1, -0.05) is 6.07 Å². The number of rotatable bonds is 7. The summed E-state index contributed by atoms with van der Waals surface area (Å²) in [6.07, 6.45) is 1.17. The molecule has 3 N–H and O–H groups in total. The van der Waals surface area contributed by atoms with Crippen LogP contribution in [0.25, 0.3) is 0 Å². The molecule has 0 aliphatic heterocycles. The van der Waals surface area contributed by atoms with Crippen molar-refractivity contribution in [3.8, 4) is 0 Å². The highest BCUT2D eigenvalue weighted by atomic mass is 32.2. The smallest absolute Gasteiger partial charge is 0.214 e. The predicted molar refractivity (Wildman–Crippen MR) is 86.7 cm³/mol. The molecule has 118 valence electrons. The zero-order chi connectivity index (χ0) is 15.5. The molecule has 7 heteroatoms. The van der Waals surface area contributed by atoms with E-state index in [2.05, 4.69) is 0 Å². The molecule has 0 heterocycles. The monoisotopic (exact) mass is 330 g/mol. The Bertz CT molecular complexity index is 571. The van der Waals surface area contributed by atoms with E-state index in [1.165, 1.54) is 16.1 Å². The third-order valence-electron chi connectivity index (χ3n) is 3.67. The molecule has 1 saturated carbocycles. The molecule has 21 heavy (non-hydrogen) atoms. The minimum Gasteiger partial charge on any atom is -0.399 e. The van der Waals surface area contributed by atoms with Gasteiger partial charge in [0.1, 0.15) is 0 Å². The second-order valence-electron chi connectivity index (χ2n) is 5.51. The lowest BCUT2D eigenvalue weighted by Crippen LogP contribution is -2.40. The van der Waals surface area contributed by atoms with Crippen LogP contribution in [0, 0.1) is 5.92 Å². The van der Waals surface area contributed by atoms with E-state index in [0.29, 0.717) is 36.7 Å². The van der Waals surface area contributed by atoms with Crippen molar-refractivity contribution in [1.29, 1.82) is 0 Å². The van der Waals surface area contributed by atoms with Gasteiger partial charge in [0.15, 0.2) is 0 Å². The van der Waals surface area contributed by atoms with Gasteiger partial charge in [0.25, 0.3) is 0 Å². The van der Waals surface area contributed by atoms with E-state index in [0.717, 1.165) is 4.90 Å². The maximum absolute atomic E-state index is 12.2. The molecule has 0 aromatic heterocycles. The van der Waals surface area contributed by atoms with Crippen molar-refractivity contribution >= 4 is 27.5 Å². The predicted octanol–water partition coefficient (Wildman–Crippen LogP) is 1.39. The second-order valence-corrected chi connectivity index (χ2v) is 8.87. The molecule has 0 amide bonds. The highest BCUT2D eigenvalue weighted by molar-refractivity contribution is 8.00. The van der Waals surface area contributed by atoms with Crippen molar-refractivity contribution in [1.82, 2.24) is 4.31 Å². The summed E-state index contributed by atoms with van der Waals surface area (Å²) in [5.41, 5.74) is 6.38. The van der Waals surface area contributed by atoms with Gasteiger partial charge in [-0.05, 0) is 37.0 Å². The number of nitrogens with two attached hydrogens (primary N) is 1. The maximum atomic E-state index is 12.2. The van der Waals surface area contributed by atoms with Crippen LogP contribution < -0.4 is 5.73 Å². The normalized spacial score (nSPS) is 22.2. The Balaban J connectivity index is 1.78. The van der Waals surface area contributed by atoms with Gasteiger partial charge in [-0.3, -0.25) is 0 Å². The largest absolute Gasteiger partial charge is 0.399 e. The number of anilines is 1. The quantitative estimate of drug-likeness (QED) is 0.583. The zero-order valence-corrected chi connectivity index (χ0v) is 13.7. The van der Waals surface area contributed by atoms with Crippen LogP contribution in [0.1, 0.15) is 12.8 Å². The lowest BCUT2D eigenvalue weighted by molar-refractivity contribution is 0.0367. The standard InChI is InChI=1S/C14H22N2O3S2/c1-16(10-11-7-13(17)8-11)21(18,19)6-5-20-14-4-2-3-12(15)9-14/h2-4,9,11,13,17H,5-8,10,15H2,1H3. The topological polar surface area (TPSA) is 83.6 Å². The number of aliphatic hydroxyl groups is 1. The number of sulfonamides is 1. The van der Waals surface area contributed by atoms with Gasteiger partial charge < -0.3 is 10.8 Å². The van der Waals surface area contributed by atoms with Gasteiger partial charge in [-0.2, -0.15) is 0 Å². The number of hydrogen-bond donors (Lipinski definition) is 2. The summed E-state index contributed by atoms with van der Waals surface area (Å²) in [5, 5.41) is 9.24. The van der Waals surface area contributed by atoms with E-state index in [1.807, 2.05) is 24.3 Å². The highest BCUT2D eigenvalue weighted by Gasteiger charge is 2.30. The fourth-order valence-electron chi connectivity index (χ4n) is 2.35. The van der Waals surface area contributed by atoms with Crippen molar-refractivity contribution in [2.45, 2.75) is 23.8 Å². The molecular formula is C14H22N2O3S2. The number of hydrogen-bond acceptors (Lipinski definition) is 5. The maximum Gasteiger partial charge on any atom is 0.214 e. The fraction of sp³-hybridized carbons (Fsp3) is 0.571. The summed E-state index contributed by atoms with van der Waals surface area (Å²) in [7, 11) is -1.61. The average Bonchev–Trinajstić information content (AvgIpc) is 2.36. The first-order valence-corrected chi connectivity index (χ1v) is 9.57. The molecule has 0 bridgehead atoms. The van der Waals surface area contributed by atoms with Crippen LogP contribution in [-0.4, -0.2) is 49.0 Å². The third kappa shape index (κ3) is 4.88. The second kappa shape index (κ2) is 7.00. The Morgan fingerprint density at radius 2 is 2.14 bits per heavy atom. The third-order valence-corrected chi connectivity index (χ3v) is 6.74. The van der Waals surface area contributed by atoms with Crippen LogP contribution >= 0.6 is 11.8 Å². The van der Waals surface area contributed by atoms with Gasteiger partial charge in [0, 0.05) is 29.9 Å². The summed E-state index contributed by atoms with van der Waals surface area (Å²) in [5.74, 6) is 0.906. The summed E-state index contributed by atoms with van der Waals surface area (Å²) in [6.45, 7) is 0.502. The lowest BCUT2D eigenvalue weighted by Gasteiger charge is -2.34. The van der Waals surface area contributed by atoms with Gasteiger partial charge in [-0.15, -0.1) is 11.8 Å². The van der Waals surface area contributed by atoms with E-state index < -0.39 is 10.0 Å². The first kappa shape index (κ1) is 16.6. The lowest BCUT2D eigenvalue weighted by atomic mass is 9.82. The molecular weight excluding hydrogens is 308 g/mol. The molecule has 0 saturated heterocycles. The van der Waals surface area contributed by atoms with E-state index in [4.69, 9.17) is 5.73 Å². The molecule has 1 aliphatic carbocycles. The molecule has 1 aliphatic rings. The van der Waals surface area contributed by atoms with E-state index in [9.17, 15) is 13.5 Å². The molecule has 5 nitrogen and oxygen atoms in total. The van der Waals surface area contributed by atoms with Crippen LogP contribution in [0.3, 0.4) is 0 Å². The van der Waals surface area contributed by atoms with Gasteiger partial charge in [-0.25, -0.2) is 12.7 Å². The summed E-state index contributed by atoms with van der Waals surface area (Å²) >= 11 is 1.49. The van der Waals surface area contributed by atoms with E-state index in [-0.39, 0.29) is 11.9 Å². The van der Waals surface area contributed by atoms with Crippen molar-refractivity contribution in [3.05, 3.63) is 24.3 Å². The summed E-state index contributed by atoms with van der Waals surface area (Å²) in [6, 6.07) is 7.44. The number of benzene rings is 1. The summed E-state index contributed by atoms with van der Waals surface area (Å²) < 4.78 is 25.8. The zero-order valence-electron chi connectivity index (χ0n) is 12.1. The van der Waals surface area contributed by atoms with Gasteiger partial charge in [0.05, 0.1) is 11.9 Å². The highest BCUT2D eigenvalue weighted by Crippen LogP contribution is 2.28. The Labute approximate surface area is 130 Å². The van der Waals surface area contributed by atoms with Gasteiger partial charge >= 0.3 is 0 Å². The molecule has 1 fully saturated rings. The molecule has 2 rings (SSSR count). The minimum absolute atomic E-state index is 0.109. The Morgan fingerprint density at radius 3 is 2.76 bits per heavy atom. The fourth-order valence-corrected chi connectivity index (χ4v) is 4.91. The van der Waals surface area contributed by atoms with E-state index >= 15 is 0 Å². The molecule has 0 radical (unpaired) electrons. The van der Waals surface area contributed by atoms with Crippen molar-refractivity contribution < 1.29 is 13.5 Å². The first-order valence-electron chi connectivity index (χ1n) is 6.97. The number of aliphatic hydroxyl groups excluding tert-OH is 1. The Morgan fingerprint density at radius 1 is 1.43 bits per heavy atom. The average molecular weight is 330 g/mol. The molecule has 0 atom stereocenters. The van der Waals surface area contributed by atoms with Crippen molar-refractivity contribution in [2.24, 2.45) is 5.92 Å². The van der Waals surface area contributed by atoms with Crippen LogP contribution in [0.5, 0.6) is 0 Å². The van der Waals surface area contributed by atoms with Crippen molar-refractivity contribution in [2.75, 3.05) is 30.8 Å². The first-order chi connectivity index (χ1) is 9.87. The molecule has 0 spiro atoms. The molecule has 1 aromatic carbocycles. The van der Waals surface area contributed by atoms with Crippen molar-refractivity contribution in [3.63, 3.8) is 0 Å². The number of nitrogens with zero attached hydrogens (tertiary/aromatic N) is 1. The van der Waals surface area contributed by atoms with Crippen LogP contribution in [0.15, 0.2) is 29.2 Å². The van der Waals surface area contributed by atoms with Crippen LogP contribution in [0.4, 0.5) is 5.69 Å². The Hall–Kier alpha value is -0.760. The van der Waals surface area contributed by atoms with Crippen LogP contribution in [0.2, 0.25) is 0 Å². The minimum atomic E-state index is -3.23. The van der Waals surface area contributed by atoms with Crippen LogP contribution in [-0.2, 0) is 10.0 Å². The molecule has 1 aromatic rings. The van der Waals surface area contributed by atoms with Gasteiger partial charge in [0.2, 0.25) is 10.0 Å².